The molecule has 0 N–H and O–H groups in total. The number of allylic oxidation sites excluding steroid dienone is 1. The fourth-order valence-corrected chi connectivity index (χ4v) is 0.422. The lowest BCUT2D eigenvalue weighted by Crippen LogP contribution is -1.98. The molecule has 4 nitrogen and oxygen atoms in total. The minimum absolute atomic E-state index is 0.0208. The summed E-state index contributed by atoms with van der Waals surface area (Å²) in [6, 6.07) is 0. The predicted molar refractivity (Wildman–Crippen MR) is 31.2 cm³/mol. The van der Waals surface area contributed by atoms with E-state index < -0.39 is 11.9 Å². The Morgan fingerprint density at radius 2 is 1.80 bits per heavy atom. The van der Waals surface area contributed by atoms with Crippen LogP contribution in [0.3, 0.4) is 0 Å². The van der Waals surface area contributed by atoms with Gasteiger partial charge < -0.3 is 4.74 Å². The van der Waals surface area contributed by atoms with Gasteiger partial charge in [0.2, 0.25) is 0 Å². The van der Waals surface area contributed by atoms with Crippen molar-refractivity contribution in [3.05, 3.63) is 11.8 Å². The molecule has 0 spiro atoms. The Labute approximate surface area is 58.1 Å². The number of carbonyl (C=O) groups excluding carboxylic acids is 2. The second kappa shape index (κ2) is 3.66. The SMILES string of the molecule is CC(=O)O/C(C)=C\C([O])=O. The van der Waals surface area contributed by atoms with Gasteiger partial charge in [-0.1, -0.05) is 0 Å². The molecule has 0 bridgehead atoms. The quantitative estimate of drug-likeness (QED) is 0.319. The topological polar surface area (TPSA) is 63.3 Å². The predicted octanol–water partition coefficient (Wildman–Crippen LogP) is 0.410. The first-order chi connectivity index (χ1) is 4.52. The highest BCUT2D eigenvalue weighted by atomic mass is 16.5. The van der Waals surface area contributed by atoms with Crippen LogP contribution < -0.4 is 0 Å². The van der Waals surface area contributed by atoms with Gasteiger partial charge in [-0.05, 0) is 6.92 Å². The molecule has 0 saturated carbocycles. The average Bonchev–Trinajstić information content (AvgIpc) is 1.58. The summed E-state index contributed by atoms with van der Waals surface area (Å²) in [7, 11) is 0. The van der Waals surface area contributed by atoms with Crippen molar-refractivity contribution < 1.29 is 19.4 Å². The summed E-state index contributed by atoms with van der Waals surface area (Å²) in [5.41, 5.74) is 0. The number of hydrogen-bond acceptors (Lipinski definition) is 3. The lowest BCUT2D eigenvalue weighted by molar-refractivity contribution is -0.138. The lowest BCUT2D eigenvalue weighted by atomic mass is 10.5. The summed E-state index contributed by atoms with van der Waals surface area (Å²) in [5, 5.41) is 9.81. The van der Waals surface area contributed by atoms with E-state index in [4.69, 9.17) is 0 Å². The first kappa shape index (κ1) is 8.68. The van der Waals surface area contributed by atoms with Crippen LogP contribution in [0, 0.1) is 0 Å². The second-order valence-corrected chi connectivity index (χ2v) is 1.67. The van der Waals surface area contributed by atoms with Crippen molar-refractivity contribution >= 4 is 11.9 Å². The van der Waals surface area contributed by atoms with E-state index in [2.05, 4.69) is 4.74 Å². The van der Waals surface area contributed by atoms with Gasteiger partial charge in [-0.15, -0.1) is 0 Å². The van der Waals surface area contributed by atoms with E-state index in [1.54, 1.807) is 0 Å². The number of carbonyl (C=O) groups is 2. The third kappa shape index (κ3) is 4.83. The summed E-state index contributed by atoms with van der Waals surface area (Å²) in [6.45, 7) is 2.55. The maximum absolute atomic E-state index is 10.2. The van der Waals surface area contributed by atoms with Gasteiger partial charge in [0.1, 0.15) is 5.76 Å². The summed E-state index contributed by atoms with van der Waals surface area (Å²) in [5.74, 6) is -1.90. The smallest absolute Gasteiger partial charge is 0.382 e. The number of rotatable bonds is 2. The fraction of sp³-hybridized carbons (Fsp3) is 0.333. The van der Waals surface area contributed by atoms with Gasteiger partial charge in [-0.25, -0.2) is 9.90 Å². The Morgan fingerprint density at radius 1 is 1.30 bits per heavy atom. The third-order valence-electron chi connectivity index (χ3n) is 0.626. The summed E-state index contributed by atoms with van der Waals surface area (Å²) >= 11 is 0. The Hall–Kier alpha value is -1.32. The van der Waals surface area contributed by atoms with Crippen molar-refractivity contribution in [2.75, 3.05) is 0 Å². The van der Waals surface area contributed by atoms with Gasteiger partial charge in [0, 0.05) is 6.92 Å². The maximum atomic E-state index is 10.2. The van der Waals surface area contributed by atoms with E-state index in [9.17, 15) is 14.7 Å². The zero-order valence-corrected chi connectivity index (χ0v) is 5.71. The molecule has 0 heterocycles. The maximum Gasteiger partial charge on any atom is 0.382 e. The number of ether oxygens (including phenoxy) is 1. The Balaban J connectivity index is 3.95. The molecule has 0 aliphatic rings. The molecule has 0 aromatic rings. The molecule has 0 unspecified atom stereocenters. The van der Waals surface area contributed by atoms with Crippen LogP contribution in [0.2, 0.25) is 0 Å². The van der Waals surface area contributed by atoms with Gasteiger partial charge in [0.25, 0.3) is 0 Å². The van der Waals surface area contributed by atoms with E-state index in [1.165, 1.54) is 13.8 Å². The first-order valence-corrected chi connectivity index (χ1v) is 2.60. The van der Waals surface area contributed by atoms with Crippen LogP contribution in [-0.4, -0.2) is 11.9 Å². The van der Waals surface area contributed by atoms with E-state index in [0.717, 1.165) is 0 Å². The van der Waals surface area contributed by atoms with Gasteiger partial charge in [-0.3, -0.25) is 4.79 Å². The van der Waals surface area contributed by atoms with Crippen molar-refractivity contribution in [1.82, 2.24) is 0 Å². The van der Waals surface area contributed by atoms with E-state index in [0.29, 0.717) is 6.08 Å². The third-order valence-corrected chi connectivity index (χ3v) is 0.626. The lowest BCUT2D eigenvalue weighted by Gasteiger charge is -1.96. The van der Waals surface area contributed by atoms with E-state index in [-0.39, 0.29) is 5.76 Å². The molecule has 0 aliphatic carbocycles. The molecule has 0 aliphatic heterocycles. The monoisotopic (exact) mass is 143 g/mol. The molecule has 0 fully saturated rings. The molecule has 0 atom stereocenters. The molecule has 4 heteroatoms. The van der Waals surface area contributed by atoms with Crippen LogP contribution in [0.25, 0.3) is 0 Å². The molecule has 1 radical (unpaired) electrons. The first-order valence-electron chi connectivity index (χ1n) is 2.60. The van der Waals surface area contributed by atoms with Crippen molar-refractivity contribution in [1.29, 1.82) is 0 Å². The van der Waals surface area contributed by atoms with Gasteiger partial charge in [-0.2, -0.15) is 0 Å². The summed E-state index contributed by atoms with van der Waals surface area (Å²) in [4.78, 5) is 20.0. The van der Waals surface area contributed by atoms with Gasteiger partial charge in [0.05, 0.1) is 6.08 Å². The van der Waals surface area contributed by atoms with Crippen LogP contribution in [0.4, 0.5) is 0 Å². The number of esters is 1. The Kier molecular flexibility index (Phi) is 3.17. The van der Waals surface area contributed by atoms with Crippen molar-refractivity contribution in [3.63, 3.8) is 0 Å². The molecular weight excluding hydrogens is 136 g/mol. The minimum Gasteiger partial charge on any atom is -0.431 e. The normalized spacial score (nSPS) is 10.8. The fourth-order valence-electron chi connectivity index (χ4n) is 0.422. The van der Waals surface area contributed by atoms with Crippen LogP contribution in [-0.2, 0) is 19.4 Å². The standard InChI is InChI=1S/C6H7O4/c1-4(3-6(8)9)10-5(2)7/h3H,1-2H3/b4-3-. The summed E-state index contributed by atoms with van der Waals surface area (Å²) < 4.78 is 4.36. The highest BCUT2D eigenvalue weighted by Gasteiger charge is 1.98. The van der Waals surface area contributed by atoms with Crippen LogP contribution in [0.1, 0.15) is 13.8 Å². The van der Waals surface area contributed by atoms with Gasteiger partial charge in [0.15, 0.2) is 0 Å². The van der Waals surface area contributed by atoms with E-state index in [1.807, 2.05) is 0 Å². The molecular formula is C6H7O4. The highest BCUT2D eigenvalue weighted by molar-refractivity contribution is 5.80. The van der Waals surface area contributed by atoms with Crippen molar-refractivity contribution in [2.45, 2.75) is 13.8 Å². The molecule has 10 heavy (non-hydrogen) atoms. The van der Waals surface area contributed by atoms with Gasteiger partial charge >= 0.3 is 11.9 Å². The largest absolute Gasteiger partial charge is 0.431 e. The number of hydrogen-bond donors (Lipinski definition) is 0. The zero-order chi connectivity index (χ0) is 8.15. The average molecular weight is 143 g/mol. The van der Waals surface area contributed by atoms with Crippen molar-refractivity contribution in [2.24, 2.45) is 0 Å². The molecule has 0 amide bonds. The van der Waals surface area contributed by atoms with Crippen LogP contribution in [0.15, 0.2) is 11.8 Å². The van der Waals surface area contributed by atoms with E-state index >= 15 is 0 Å². The molecule has 0 saturated heterocycles. The van der Waals surface area contributed by atoms with Crippen LogP contribution in [0.5, 0.6) is 0 Å². The second-order valence-electron chi connectivity index (χ2n) is 1.67. The highest BCUT2D eigenvalue weighted by Crippen LogP contribution is 1.94. The van der Waals surface area contributed by atoms with Crippen LogP contribution >= 0.6 is 0 Å². The minimum atomic E-state index is -1.38. The Morgan fingerprint density at radius 3 is 2.10 bits per heavy atom. The molecule has 55 valence electrons. The van der Waals surface area contributed by atoms with Crippen molar-refractivity contribution in [3.8, 4) is 0 Å². The summed E-state index contributed by atoms with van der Waals surface area (Å²) in [6.07, 6.45) is 0.710. The zero-order valence-electron chi connectivity index (χ0n) is 5.71. The molecule has 0 aromatic heterocycles. The molecule has 0 rings (SSSR count). The molecule has 0 aromatic carbocycles. The Bertz CT molecular complexity index is 180.